The van der Waals surface area contributed by atoms with Crippen LogP contribution in [0.25, 0.3) is 0 Å². The molecule has 20 heavy (non-hydrogen) atoms. The maximum atomic E-state index is 11.9. The van der Waals surface area contributed by atoms with Crippen LogP contribution in [0.1, 0.15) is 19.4 Å². The van der Waals surface area contributed by atoms with E-state index in [9.17, 15) is 13.2 Å². The van der Waals surface area contributed by atoms with Gasteiger partial charge in [-0.25, -0.2) is 4.79 Å². The van der Waals surface area contributed by atoms with Crippen LogP contribution in [0.5, 0.6) is 0 Å². The Labute approximate surface area is 118 Å². The lowest BCUT2D eigenvalue weighted by molar-refractivity contribution is -0.137. The first-order chi connectivity index (χ1) is 9.35. The van der Waals surface area contributed by atoms with Gasteiger partial charge in [-0.1, -0.05) is 22.2 Å². The van der Waals surface area contributed by atoms with Gasteiger partial charge in [0.25, 0.3) is 10.0 Å². The quantitative estimate of drug-likeness (QED) is 0.475. The lowest BCUT2D eigenvalue weighted by atomic mass is 10.2. The van der Waals surface area contributed by atoms with Crippen LogP contribution in [-0.2, 0) is 19.6 Å². The summed E-state index contributed by atoms with van der Waals surface area (Å²) in [6.45, 7) is 5.22. The van der Waals surface area contributed by atoms with E-state index < -0.39 is 16.0 Å². The van der Waals surface area contributed by atoms with E-state index in [2.05, 4.69) is 14.4 Å². The van der Waals surface area contributed by atoms with Crippen molar-refractivity contribution in [1.29, 1.82) is 0 Å². The number of aryl methyl sites for hydroxylation is 1. The van der Waals surface area contributed by atoms with Crippen LogP contribution in [0.15, 0.2) is 50.6 Å². The van der Waals surface area contributed by atoms with Crippen molar-refractivity contribution in [3.63, 3.8) is 0 Å². The zero-order valence-corrected chi connectivity index (χ0v) is 12.3. The summed E-state index contributed by atoms with van der Waals surface area (Å²) in [5, 5.41) is 3.51. The van der Waals surface area contributed by atoms with Gasteiger partial charge in [0.2, 0.25) is 0 Å². The molecular weight excluding hydrogens is 280 g/mol. The van der Waals surface area contributed by atoms with Gasteiger partial charge in [0, 0.05) is 6.08 Å². The van der Waals surface area contributed by atoms with Crippen LogP contribution >= 0.6 is 0 Å². The predicted molar refractivity (Wildman–Crippen MR) is 73.6 cm³/mol. The molecule has 0 aliphatic carbocycles. The summed E-state index contributed by atoms with van der Waals surface area (Å²) in [4.78, 5) is 11.2. The van der Waals surface area contributed by atoms with Crippen LogP contribution in [0, 0.1) is 6.92 Å². The normalized spacial score (nSPS) is 12.7. The number of sulfonamides is 1. The van der Waals surface area contributed by atoms with Crippen molar-refractivity contribution in [3.8, 4) is 0 Å². The third-order valence-corrected chi connectivity index (χ3v) is 3.40. The highest BCUT2D eigenvalue weighted by Crippen LogP contribution is 2.14. The topological polar surface area (TPSA) is 85.2 Å². The molecule has 0 fully saturated rings. The molecule has 1 rings (SSSR count). The van der Waals surface area contributed by atoms with E-state index in [0.717, 1.165) is 11.6 Å². The summed E-state index contributed by atoms with van der Waals surface area (Å²) in [7, 11) is -3.85. The van der Waals surface area contributed by atoms with Gasteiger partial charge < -0.3 is 4.74 Å². The Hall–Kier alpha value is -2.02. The molecule has 0 radical (unpaired) electrons. The number of rotatable bonds is 5. The highest BCUT2D eigenvalue weighted by Gasteiger charge is 2.12. The van der Waals surface area contributed by atoms with Crippen LogP contribution < -0.4 is 0 Å². The monoisotopic (exact) mass is 296 g/mol. The van der Waals surface area contributed by atoms with Crippen molar-refractivity contribution in [2.45, 2.75) is 25.7 Å². The molecule has 6 nitrogen and oxygen atoms in total. The second-order valence-electron chi connectivity index (χ2n) is 4.01. The van der Waals surface area contributed by atoms with Crippen molar-refractivity contribution in [1.82, 2.24) is 0 Å². The van der Waals surface area contributed by atoms with Crippen molar-refractivity contribution >= 4 is 16.0 Å². The van der Waals surface area contributed by atoms with Gasteiger partial charge in [-0.15, -0.1) is 5.11 Å². The van der Waals surface area contributed by atoms with Crippen molar-refractivity contribution < 1.29 is 17.9 Å². The fourth-order valence-electron chi connectivity index (χ4n) is 1.26. The lowest BCUT2D eigenvalue weighted by Crippen LogP contribution is -2.00. The Balaban J connectivity index is 2.88. The van der Waals surface area contributed by atoms with E-state index >= 15 is 0 Å². The molecule has 0 atom stereocenters. The predicted octanol–water partition coefficient (Wildman–Crippen LogP) is 2.60. The number of ether oxygens (including phenoxy) is 1. The number of esters is 1. The summed E-state index contributed by atoms with van der Waals surface area (Å²) in [6.07, 6.45) is 1.08. The Kier molecular flexibility index (Phi) is 5.57. The minimum atomic E-state index is -3.85. The number of benzene rings is 1. The Morgan fingerprint density at radius 1 is 1.30 bits per heavy atom. The van der Waals surface area contributed by atoms with E-state index in [-0.39, 0.29) is 17.2 Å². The highest BCUT2D eigenvalue weighted by atomic mass is 32.2. The maximum absolute atomic E-state index is 11.9. The second kappa shape index (κ2) is 6.95. The molecule has 0 unspecified atom stereocenters. The van der Waals surface area contributed by atoms with Crippen LogP contribution in [0.3, 0.4) is 0 Å². The van der Waals surface area contributed by atoms with Crippen molar-refractivity contribution in [3.05, 3.63) is 41.6 Å². The average molecular weight is 296 g/mol. The molecule has 1 aromatic rings. The van der Waals surface area contributed by atoms with Crippen LogP contribution in [0.4, 0.5) is 0 Å². The molecule has 0 N–H and O–H groups in total. The molecule has 0 aliphatic rings. The molecular formula is C13H16N2O4S. The zero-order valence-electron chi connectivity index (χ0n) is 11.5. The van der Waals surface area contributed by atoms with E-state index in [1.165, 1.54) is 19.1 Å². The third kappa shape index (κ3) is 4.93. The van der Waals surface area contributed by atoms with E-state index in [4.69, 9.17) is 0 Å². The van der Waals surface area contributed by atoms with Crippen LogP contribution in [0.2, 0.25) is 0 Å². The molecule has 0 spiro atoms. The average Bonchev–Trinajstić information content (AvgIpc) is 2.37. The third-order valence-electron chi connectivity index (χ3n) is 2.24. The van der Waals surface area contributed by atoms with Gasteiger partial charge in [-0.05, 0) is 32.9 Å². The second-order valence-corrected chi connectivity index (χ2v) is 5.59. The molecule has 0 bridgehead atoms. The minimum Gasteiger partial charge on any atom is -0.463 e. The van der Waals surface area contributed by atoms with Crippen LogP contribution in [-0.4, -0.2) is 21.0 Å². The molecule has 0 heterocycles. The Bertz CT molecular complexity index is 631. The molecule has 7 heteroatoms. The summed E-state index contributed by atoms with van der Waals surface area (Å²) < 4.78 is 31.7. The van der Waals surface area contributed by atoms with Crippen molar-refractivity contribution in [2.75, 3.05) is 6.61 Å². The molecule has 0 aromatic heterocycles. The van der Waals surface area contributed by atoms with Gasteiger partial charge in [-0.2, -0.15) is 8.42 Å². The smallest absolute Gasteiger partial charge is 0.332 e. The number of hydrogen-bond donors (Lipinski definition) is 0. The summed E-state index contributed by atoms with van der Waals surface area (Å²) in [5.74, 6) is -0.586. The highest BCUT2D eigenvalue weighted by molar-refractivity contribution is 7.90. The maximum Gasteiger partial charge on any atom is 0.332 e. The lowest BCUT2D eigenvalue weighted by Gasteiger charge is -1.98. The van der Waals surface area contributed by atoms with Gasteiger partial charge in [0.15, 0.2) is 0 Å². The largest absolute Gasteiger partial charge is 0.463 e. The number of nitrogens with zero attached hydrogens (tertiary/aromatic N) is 2. The standard InChI is InChI=1S/C13H16N2O4S/c1-4-19-13(16)9-11(3)14-15-20(17,18)12-7-5-10(2)6-8-12/h5-9H,4H2,1-3H3. The number of allylic oxidation sites excluding steroid dienone is 1. The van der Waals surface area contributed by atoms with E-state index in [1.54, 1.807) is 19.1 Å². The number of carbonyl (C=O) groups excluding carboxylic acids is 1. The fourth-order valence-corrected chi connectivity index (χ4v) is 2.07. The molecule has 0 saturated carbocycles. The Morgan fingerprint density at radius 3 is 2.45 bits per heavy atom. The SMILES string of the molecule is CCOC(=O)C=C(C)N=NS(=O)(=O)c1ccc(C)cc1. The number of carbonyl (C=O) groups is 1. The van der Waals surface area contributed by atoms with E-state index in [1.807, 2.05) is 6.92 Å². The van der Waals surface area contributed by atoms with Gasteiger partial charge in [0.05, 0.1) is 17.2 Å². The summed E-state index contributed by atoms with van der Waals surface area (Å²) >= 11 is 0. The molecule has 108 valence electrons. The van der Waals surface area contributed by atoms with Gasteiger partial charge >= 0.3 is 5.97 Å². The zero-order chi connectivity index (χ0) is 15.2. The minimum absolute atomic E-state index is 0.0517. The molecule has 1 aromatic carbocycles. The number of hydrogen-bond acceptors (Lipinski definition) is 5. The first-order valence-electron chi connectivity index (χ1n) is 5.95. The fraction of sp³-hybridized carbons (Fsp3) is 0.308. The molecule has 0 saturated heterocycles. The molecule has 0 amide bonds. The van der Waals surface area contributed by atoms with E-state index in [0.29, 0.717) is 0 Å². The summed E-state index contributed by atoms with van der Waals surface area (Å²) in [5.41, 5.74) is 1.10. The first-order valence-corrected chi connectivity index (χ1v) is 7.39. The van der Waals surface area contributed by atoms with Gasteiger partial charge in [-0.3, -0.25) is 0 Å². The van der Waals surface area contributed by atoms with Gasteiger partial charge in [0.1, 0.15) is 0 Å². The first kappa shape index (κ1) is 16.0. The Morgan fingerprint density at radius 2 is 1.90 bits per heavy atom. The van der Waals surface area contributed by atoms with Crippen molar-refractivity contribution in [2.24, 2.45) is 9.63 Å². The molecule has 0 aliphatic heterocycles. The summed E-state index contributed by atoms with van der Waals surface area (Å²) in [6, 6.07) is 6.25.